The van der Waals surface area contributed by atoms with Gasteiger partial charge >= 0.3 is 0 Å². The second kappa shape index (κ2) is 7.81. The molecule has 0 saturated heterocycles. The van der Waals surface area contributed by atoms with Gasteiger partial charge in [0.25, 0.3) is 0 Å². The average Bonchev–Trinajstić information content (AvgIpc) is 2.90. The van der Waals surface area contributed by atoms with Crippen molar-refractivity contribution in [2.75, 3.05) is 27.4 Å². The lowest BCUT2D eigenvalue weighted by molar-refractivity contribution is 0.199. The zero-order chi connectivity index (χ0) is 15.1. The summed E-state index contributed by atoms with van der Waals surface area (Å²) in [6, 6.07) is 6.03. The number of methoxy groups -OCH3 is 2. The first-order valence-electron chi connectivity index (χ1n) is 7.07. The van der Waals surface area contributed by atoms with Crippen molar-refractivity contribution in [1.29, 1.82) is 0 Å². The van der Waals surface area contributed by atoms with Crippen LogP contribution in [0.3, 0.4) is 0 Å². The van der Waals surface area contributed by atoms with Crippen molar-refractivity contribution in [2.45, 2.75) is 20.0 Å². The number of nitrogens with zero attached hydrogens (tertiary/aromatic N) is 2. The summed E-state index contributed by atoms with van der Waals surface area (Å²) in [6.45, 7) is 5.16. The maximum atomic E-state index is 5.28. The van der Waals surface area contributed by atoms with E-state index in [2.05, 4.69) is 33.3 Å². The summed E-state index contributed by atoms with van der Waals surface area (Å²) in [5.74, 6) is 0.853. The van der Waals surface area contributed by atoms with Gasteiger partial charge in [-0.2, -0.15) is 0 Å². The third kappa shape index (κ3) is 4.88. The zero-order valence-corrected chi connectivity index (χ0v) is 12.9. The van der Waals surface area contributed by atoms with Crippen LogP contribution in [0.5, 0.6) is 5.75 Å². The van der Waals surface area contributed by atoms with E-state index in [1.807, 2.05) is 19.1 Å². The molecular formula is C16H23N3O2. The second-order valence-corrected chi connectivity index (χ2v) is 5.00. The van der Waals surface area contributed by atoms with Gasteiger partial charge in [0, 0.05) is 50.4 Å². The van der Waals surface area contributed by atoms with Crippen molar-refractivity contribution in [2.24, 2.45) is 0 Å². The van der Waals surface area contributed by atoms with E-state index in [9.17, 15) is 0 Å². The van der Waals surface area contributed by atoms with Crippen LogP contribution in [0, 0.1) is 6.92 Å². The Balaban J connectivity index is 1.94. The van der Waals surface area contributed by atoms with Gasteiger partial charge in [0.05, 0.1) is 26.0 Å². The van der Waals surface area contributed by atoms with Crippen molar-refractivity contribution in [1.82, 2.24) is 14.9 Å². The van der Waals surface area contributed by atoms with E-state index < -0.39 is 0 Å². The third-order valence-electron chi connectivity index (χ3n) is 3.18. The highest BCUT2D eigenvalue weighted by Crippen LogP contribution is 2.14. The van der Waals surface area contributed by atoms with Gasteiger partial charge in [0.2, 0.25) is 0 Å². The van der Waals surface area contributed by atoms with Crippen LogP contribution >= 0.6 is 0 Å². The number of hydrogen-bond acceptors (Lipinski definition) is 4. The molecule has 114 valence electrons. The smallest absolute Gasteiger partial charge is 0.122 e. The van der Waals surface area contributed by atoms with E-state index in [-0.39, 0.29) is 0 Å². The van der Waals surface area contributed by atoms with Crippen molar-refractivity contribution in [3.05, 3.63) is 47.5 Å². The van der Waals surface area contributed by atoms with Crippen LogP contribution in [0.2, 0.25) is 0 Å². The number of hydrogen-bond donors (Lipinski definition) is 1. The minimum atomic E-state index is 0.730. The Bertz CT molecular complexity index is 566. The number of aromatic nitrogens is 2. The van der Waals surface area contributed by atoms with Crippen molar-refractivity contribution in [3.8, 4) is 5.75 Å². The molecule has 0 aliphatic rings. The Morgan fingerprint density at radius 3 is 2.90 bits per heavy atom. The largest absolute Gasteiger partial charge is 0.497 e. The van der Waals surface area contributed by atoms with Gasteiger partial charge in [-0.1, -0.05) is 0 Å². The fourth-order valence-corrected chi connectivity index (χ4v) is 2.19. The molecule has 5 nitrogen and oxygen atoms in total. The van der Waals surface area contributed by atoms with E-state index in [4.69, 9.17) is 9.47 Å². The van der Waals surface area contributed by atoms with Crippen LogP contribution in [0.1, 0.15) is 17.0 Å². The molecule has 21 heavy (non-hydrogen) atoms. The summed E-state index contributed by atoms with van der Waals surface area (Å²) in [4.78, 5) is 4.54. The molecule has 0 aliphatic heterocycles. The summed E-state index contributed by atoms with van der Waals surface area (Å²) < 4.78 is 12.4. The average molecular weight is 289 g/mol. The first-order chi connectivity index (χ1) is 10.2. The molecule has 0 saturated carbocycles. The van der Waals surface area contributed by atoms with Gasteiger partial charge < -0.3 is 19.4 Å². The SMILES string of the molecule is COCCNCc1ccn(Cc2cc(OC)cc(C)n2)c1. The van der Waals surface area contributed by atoms with Crippen LogP contribution in [0.15, 0.2) is 30.6 Å². The molecule has 0 radical (unpaired) electrons. The third-order valence-corrected chi connectivity index (χ3v) is 3.18. The molecule has 0 aliphatic carbocycles. The monoisotopic (exact) mass is 289 g/mol. The van der Waals surface area contributed by atoms with Crippen molar-refractivity contribution >= 4 is 0 Å². The van der Waals surface area contributed by atoms with Crippen LogP contribution in [-0.2, 0) is 17.8 Å². The lowest BCUT2D eigenvalue weighted by Crippen LogP contribution is -2.18. The molecule has 0 atom stereocenters. The summed E-state index contributed by atoms with van der Waals surface area (Å²) in [5, 5.41) is 3.33. The standard InChI is InChI=1S/C16H23N3O2/c1-13-8-16(21-3)9-15(18-13)12-19-6-4-14(11-19)10-17-5-7-20-2/h4,6,8-9,11,17H,5,7,10,12H2,1-3H3. The Labute approximate surface area is 125 Å². The summed E-state index contributed by atoms with van der Waals surface area (Å²) in [7, 11) is 3.39. The Morgan fingerprint density at radius 2 is 2.14 bits per heavy atom. The molecule has 2 aromatic heterocycles. The Kier molecular flexibility index (Phi) is 5.78. The minimum absolute atomic E-state index is 0.730. The first-order valence-corrected chi connectivity index (χ1v) is 7.07. The second-order valence-electron chi connectivity index (χ2n) is 5.00. The van der Waals surface area contributed by atoms with Gasteiger partial charge in [-0.15, -0.1) is 0 Å². The number of ether oxygens (including phenoxy) is 2. The van der Waals surface area contributed by atoms with Crippen molar-refractivity contribution in [3.63, 3.8) is 0 Å². The predicted molar refractivity (Wildman–Crippen MR) is 82.6 cm³/mol. The summed E-state index contributed by atoms with van der Waals surface area (Å²) in [5.41, 5.74) is 3.23. The Morgan fingerprint density at radius 1 is 1.29 bits per heavy atom. The van der Waals surface area contributed by atoms with Gasteiger partial charge in [0.15, 0.2) is 0 Å². The zero-order valence-electron chi connectivity index (χ0n) is 12.9. The molecule has 2 rings (SSSR count). The predicted octanol–water partition coefficient (Wildman–Crippen LogP) is 1.98. The van der Waals surface area contributed by atoms with E-state index in [0.717, 1.165) is 43.4 Å². The molecule has 0 fully saturated rings. The lowest BCUT2D eigenvalue weighted by atomic mass is 10.3. The highest BCUT2D eigenvalue weighted by Gasteiger charge is 2.03. The fourth-order valence-electron chi connectivity index (χ4n) is 2.19. The number of nitrogens with one attached hydrogen (secondary N) is 1. The van der Waals surface area contributed by atoms with Crippen LogP contribution in [0.4, 0.5) is 0 Å². The summed E-state index contributed by atoms with van der Waals surface area (Å²) >= 11 is 0. The van der Waals surface area contributed by atoms with Crippen LogP contribution < -0.4 is 10.1 Å². The molecular weight excluding hydrogens is 266 g/mol. The van der Waals surface area contributed by atoms with E-state index in [1.54, 1.807) is 14.2 Å². The van der Waals surface area contributed by atoms with Gasteiger partial charge in [-0.3, -0.25) is 4.98 Å². The number of rotatable bonds is 8. The minimum Gasteiger partial charge on any atom is -0.497 e. The maximum absolute atomic E-state index is 5.28. The molecule has 5 heteroatoms. The molecule has 0 amide bonds. The lowest BCUT2D eigenvalue weighted by Gasteiger charge is -2.07. The van der Waals surface area contributed by atoms with Crippen molar-refractivity contribution < 1.29 is 9.47 Å². The normalized spacial score (nSPS) is 10.8. The topological polar surface area (TPSA) is 48.3 Å². The van der Waals surface area contributed by atoms with E-state index >= 15 is 0 Å². The van der Waals surface area contributed by atoms with E-state index in [1.165, 1.54) is 5.56 Å². The molecule has 0 aromatic carbocycles. The molecule has 0 spiro atoms. The van der Waals surface area contributed by atoms with Crippen LogP contribution in [-0.4, -0.2) is 36.9 Å². The molecule has 0 unspecified atom stereocenters. The number of aryl methyl sites for hydroxylation is 1. The van der Waals surface area contributed by atoms with Gasteiger partial charge in [-0.05, 0) is 18.6 Å². The fraction of sp³-hybridized carbons (Fsp3) is 0.438. The van der Waals surface area contributed by atoms with E-state index in [0.29, 0.717) is 0 Å². The molecule has 2 aromatic rings. The van der Waals surface area contributed by atoms with Crippen LogP contribution in [0.25, 0.3) is 0 Å². The Hall–Kier alpha value is -1.85. The highest BCUT2D eigenvalue weighted by atomic mass is 16.5. The maximum Gasteiger partial charge on any atom is 0.122 e. The quantitative estimate of drug-likeness (QED) is 0.755. The number of pyridine rings is 1. The highest BCUT2D eigenvalue weighted by molar-refractivity contribution is 5.27. The first kappa shape index (κ1) is 15.5. The molecule has 2 heterocycles. The van der Waals surface area contributed by atoms with Gasteiger partial charge in [-0.25, -0.2) is 0 Å². The molecule has 0 bridgehead atoms. The van der Waals surface area contributed by atoms with Gasteiger partial charge in [0.1, 0.15) is 5.75 Å². The summed E-state index contributed by atoms with van der Waals surface area (Å²) in [6.07, 6.45) is 4.21. The molecule has 1 N–H and O–H groups in total.